The Morgan fingerprint density at radius 2 is 1.46 bits per heavy atom. The Morgan fingerprint density at radius 3 is 1.89 bits per heavy atom. The zero-order valence-corrected chi connectivity index (χ0v) is 18.8. The standard InChI is InChI=1S/C15H22O11S.Na/c1-5-6-22-15-14(25-10(4)18)13(24-9(3)17)12(23-8(2)16)11(26-15)7-27(19,20)21;/h5,11-15H,1,6-7H2,2-4H3,(H,19,20,21);/q;+1. The summed E-state index contributed by atoms with van der Waals surface area (Å²) in [5, 5.41) is 0. The van der Waals surface area contributed by atoms with Gasteiger partial charge in [-0.25, -0.2) is 0 Å². The van der Waals surface area contributed by atoms with Crippen LogP contribution >= 0.6 is 0 Å². The van der Waals surface area contributed by atoms with E-state index in [-0.39, 0.29) is 36.2 Å². The number of hydrogen-bond donors (Lipinski definition) is 1. The van der Waals surface area contributed by atoms with Crippen LogP contribution in [-0.2, 0) is 48.2 Å². The fourth-order valence-electron chi connectivity index (χ4n) is 2.49. The first-order chi connectivity index (χ1) is 12.4. The van der Waals surface area contributed by atoms with Gasteiger partial charge in [0.1, 0.15) is 11.9 Å². The molecular weight excluding hydrogens is 411 g/mol. The van der Waals surface area contributed by atoms with Crippen molar-refractivity contribution in [2.45, 2.75) is 51.5 Å². The number of rotatable bonds is 8. The third-order valence-electron chi connectivity index (χ3n) is 3.25. The van der Waals surface area contributed by atoms with E-state index < -0.39 is 64.5 Å². The maximum absolute atomic E-state index is 11.5. The molecule has 1 rings (SSSR count). The molecule has 0 saturated carbocycles. The summed E-state index contributed by atoms with van der Waals surface area (Å²) < 4.78 is 57.9. The molecule has 154 valence electrons. The Balaban J connectivity index is 0.00000729. The fourth-order valence-corrected chi connectivity index (χ4v) is 3.18. The van der Waals surface area contributed by atoms with E-state index >= 15 is 0 Å². The molecule has 0 aromatic rings. The predicted octanol–water partition coefficient (Wildman–Crippen LogP) is -3.40. The molecule has 0 aliphatic carbocycles. The van der Waals surface area contributed by atoms with Crippen LogP contribution in [0.15, 0.2) is 12.7 Å². The second-order valence-electron chi connectivity index (χ2n) is 5.64. The Labute approximate surface area is 184 Å². The first-order valence-corrected chi connectivity index (χ1v) is 9.40. The van der Waals surface area contributed by atoms with E-state index in [1.54, 1.807) is 0 Å². The summed E-state index contributed by atoms with van der Waals surface area (Å²) in [6.45, 7) is 6.56. The van der Waals surface area contributed by atoms with E-state index in [1.165, 1.54) is 6.08 Å². The predicted molar refractivity (Wildman–Crippen MR) is 87.9 cm³/mol. The molecule has 1 saturated heterocycles. The van der Waals surface area contributed by atoms with Gasteiger partial charge in [0.05, 0.1) is 6.61 Å². The summed E-state index contributed by atoms with van der Waals surface area (Å²) in [5.74, 6) is -3.41. The Kier molecular flexibility index (Phi) is 11.4. The summed E-state index contributed by atoms with van der Waals surface area (Å²) in [6.07, 6.45) is -5.78. The van der Waals surface area contributed by atoms with Crippen LogP contribution in [0.3, 0.4) is 0 Å². The molecule has 0 aromatic heterocycles. The van der Waals surface area contributed by atoms with Crippen LogP contribution in [0.1, 0.15) is 20.8 Å². The van der Waals surface area contributed by atoms with E-state index in [1.807, 2.05) is 0 Å². The Bertz CT molecular complexity index is 677. The van der Waals surface area contributed by atoms with Gasteiger partial charge in [0.15, 0.2) is 24.6 Å². The van der Waals surface area contributed by atoms with E-state index in [4.69, 9.17) is 28.2 Å². The van der Waals surface area contributed by atoms with Crippen LogP contribution in [0.25, 0.3) is 0 Å². The molecule has 1 aliphatic rings. The summed E-state index contributed by atoms with van der Waals surface area (Å²) >= 11 is 0. The van der Waals surface area contributed by atoms with Crippen LogP contribution < -0.4 is 29.6 Å². The molecule has 13 heteroatoms. The van der Waals surface area contributed by atoms with Crippen LogP contribution in [0.2, 0.25) is 0 Å². The molecule has 11 nitrogen and oxygen atoms in total. The third-order valence-corrected chi connectivity index (χ3v) is 4.00. The van der Waals surface area contributed by atoms with Crippen LogP contribution in [0, 0.1) is 0 Å². The molecule has 0 spiro atoms. The van der Waals surface area contributed by atoms with E-state index in [2.05, 4.69) is 6.58 Å². The normalized spacial score (nSPS) is 27.1. The number of carbonyl (C=O) groups is 3. The number of esters is 3. The van der Waals surface area contributed by atoms with E-state index in [0.29, 0.717) is 0 Å². The maximum atomic E-state index is 11.5. The van der Waals surface area contributed by atoms with Gasteiger partial charge in [-0.2, -0.15) is 8.42 Å². The molecule has 0 aromatic carbocycles. The minimum Gasteiger partial charge on any atom is -0.456 e. The summed E-state index contributed by atoms with van der Waals surface area (Å²) in [6, 6.07) is 0. The van der Waals surface area contributed by atoms with Crippen molar-refractivity contribution in [3.8, 4) is 0 Å². The minimum atomic E-state index is -4.57. The van der Waals surface area contributed by atoms with Crippen LogP contribution in [0.4, 0.5) is 0 Å². The first kappa shape index (κ1) is 27.0. The van der Waals surface area contributed by atoms with Crippen molar-refractivity contribution in [1.82, 2.24) is 0 Å². The average molecular weight is 433 g/mol. The van der Waals surface area contributed by atoms with Crippen molar-refractivity contribution in [2.75, 3.05) is 12.4 Å². The van der Waals surface area contributed by atoms with Gasteiger partial charge in [-0.05, 0) is 0 Å². The molecule has 1 N–H and O–H groups in total. The van der Waals surface area contributed by atoms with Crippen molar-refractivity contribution < 1.29 is 80.6 Å². The molecule has 1 heterocycles. The van der Waals surface area contributed by atoms with E-state index in [9.17, 15) is 22.8 Å². The van der Waals surface area contributed by atoms with Gasteiger partial charge in [0, 0.05) is 20.8 Å². The van der Waals surface area contributed by atoms with Gasteiger partial charge in [-0.1, -0.05) is 6.08 Å². The van der Waals surface area contributed by atoms with Crippen LogP contribution in [0.5, 0.6) is 0 Å². The molecule has 0 bridgehead atoms. The summed E-state index contributed by atoms with van der Waals surface area (Å²) in [7, 11) is -4.57. The van der Waals surface area contributed by atoms with Gasteiger partial charge >= 0.3 is 47.5 Å². The van der Waals surface area contributed by atoms with Crippen molar-refractivity contribution >= 4 is 28.0 Å². The van der Waals surface area contributed by atoms with Crippen molar-refractivity contribution in [3.63, 3.8) is 0 Å². The molecule has 5 unspecified atom stereocenters. The first-order valence-electron chi connectivity index (χ1n) is 7.79. The van der Waals surface area contributed by atoms with E-state index in [0.717, 1.165) is 20.8 Å². The second kappa shape index (κ2) is 11.9. The van der Waals surface area contributed by atoms with Gasteiger partial charge in [-0.3, -0.25) is 18.9 Å². The second-order valence-corrected chi connectivity index (χ2v) is 7.13. The number of carbonyl (C=O) groups excluding carboxylic acids is 3. The molecule has 28 heavy (non-hydrogen) atoms. The van der Waals surface area contributed by atoms with Gasteiger partial charge in [0.2, 0.25) is 0 Å². The van der Waals surface area contributed by atoms with Crippen LogP contribution in [-0.4, -0.2) is 73.9 Å². The smallest absolute Gasteiger partial charge is 0.456 e. The Morgan fingerprint density at radius 1 is 1.00 bits per heavy atom. The zero-order valence-electron chi connectivity index (χ0n) is 16.0. The van der Waals surface area contributed by atoms with Gasteiger partial charge < -0.3 is 23.7 Å². The third kappa shape index (κ3) is 8.99. The molecule has 1 aliphatic heterocycles. The van der Waals surface area contributed by atoms with Crippen molar-refractivity contribution in [2.24, 2.45) is 0 Å². The SMILES string of the molecule is C=CCOC1OC(CS(=O)(=O)O)C(OC(C)=O)C(OC(C)=O)C1OC(C)=O.[Na+]. The average Bonchev–Trinajstić information content (AvgIpc) is 2.48. The van der Waals surface area contributed by atoms with Crippen molar-refractivity contribution in [3.05, 3.63) is 12.7 Å². The topological polar surface area (TPSA) is 152 Å². The zero-order chi connectivity index (χ0) is 20.8. The largest absolute Gasteiger partial charge is 1.00 e. The molecule has 1 fully saturated rings. The maximum Gasteiger partial charge on any atom is 1.00 e. The molecule has 5 atom stereocenters. The monoisotopic (exact) mass is 433 g/mol. The molecular formula is C15H22NaO11S+. The fraction of sp³-hybridized carbons (Fsp3) is 0.667. The molecule has 0 radical (unpaired) electrons. The molecule has 0 amide bonds. The van der Waals surface area contributed by atoms with Gasteiger partial charge in [-0.15, -0.1) is 6.58 Å². The van der Waals surface area contributed by atoms with Gasteiger partial charge in [0.25, 0.3) is 10.1 Å². The number of hydrogen-bond acceptors (Lipinski definition) is 10. The van der Waals surface area contributed by atoms with Crippen molar-refractivity contribution in [1.29, 1.82) is 0 Å². The summed E-state index contributed by atoms with van der Waals surface area (Å²) in [5.41, 5.74) is 0. The number of ether oxygens (including phenoxy) is 5. The minimum absolute atomic E-state index is 0. The quantitative estimate of drug-likeness (QED) is 0.134. The summed E-state index contributed by atoms with van der Waals surface area (Å²) in [4.78, 5) is 34.4. The Hall–Kier alpha value is -1.02.